The Balaban J connectivity index is 2.37. The van der Waals surface area contributed by atoms with Gasteiger partial charge in [-0.15, -0.1) is 0 Å². The fourth-order valence-electron chi connectivity index (χ4n) is 2.35. The zero-order valence-corrected chi connectivity index (χ0v) is 10.9. The first-order valence-corrected chi connectivity index (χ1v) is 6.41. The standard InChI is InChI=1S/C16H11ClN2/c17-16-14(10-11-18)13-8-4-5-9-15(13)19(16)12-6-2-1-3-7-12/h1-9H,10H2. The van der Waals surface area contributed by atoms with E-state index in [0.29, 0.717) is 11.6 Å². The van der Waals surface area contributed by atoms with E-state index in [0.717, 1.165) is 22.2 Å². The van der Waals surface area contributed by atoms with Gasteiger partial charge in [-0.1, -0.05) is 48.0 Å². The minimum absolute atomic E-state index is 0.319. The SMILES string of the molecule is N#CCc1c(Cl)n(-c2ccccc2)c2ccccc12. The van der Waals surface area contributed by atoms with Crippen LogP contribution in [-0.2, 0) is 6.42 Å². The van der Waals surface area contributed by atoms with E-state index in [-0.39, 0.29) is 0 Å². The van der Waals surface area contributed by atoms with Crippen molar-refractivity contribution >= 4 is 22.5 Å². The average Bonchev–Trinajstić information content (AvgIpc) is 2.73. The second kappa shape index (κ2) is 4.79. The molecule has 2 aromatic carbocycles. The fraction of sp³-hybridized carbons (Fsp3) is 0.0625. The summed E-state index contributed by atoms with van der Waals surface area (Å²) in [6.45, 7) is 0. The van der Waals surface area contributed by atoms with Crippen molar-refractivity contribution in [3.63, 3.8) is 0 Å². The van der Waals surface area contributed by atoms with Crippen LogP contribution in [0.25, 0.3) is 16.6 Å². The third-order valence-corrected chi connectivity index (χ3v) is 3.58. The summed E-state index contributed by atoms with van der Waals surface area (Å²) < 4.78 is 1.99. The number of fused-ring (bicyclic) bond motifs is 1. The molecule has 1 aromatic heterocycles. The Kier molecular flexibility index (Phi) is 2.98. The van der Waals surface area contributed by atoms with E-state index < -0.39 is 0 Å². The van der Waals surface area contributed by atoms with Gasteiger partial charge < -0.3 is 0 Å². The molecule has 0 atom stereocenters. The Morgan fingerprint density at radius 3 is 2.42 bits per heavy atom. The molecular weight excluding hydrogens is 256 g/mol. The van der Waals surface area contributed by atoms with Gasteiger partial charge in [0.1, 0.15) is 5.15 Å². The van der Waals surface area contributed by atoms with Crippen LogP contribution in [0.2, 0.25) is 5.15 Å². The maximum Gasteiger partial charge on any atom is 0.118 e. The monoisotopic (exact) mass is 266 g/mol. The Hall–Kier alpha value is -2.24. The number of para-hydroxylation sites is 2. The van der Waals surface area contributed by atoms with Crippen molar-refractivity contribution in [2.75, 3.05) is 0 Å². The fourth-order valence-corrected chi connectivity index (χ4v) is 2.71. The molecule has 0 aliphatic heterocycles. The minimum Gasteiger partial charge on any atom is -0.300 e. The van der Waals surface area contributed by atoms with Gasteiger partial charge in [0.25, 0.3) is 0 Å². The van der Waals surface area contributed by atoms with Gasteiger partial charge in [0.05, 0.1) is 18.0 Å². The molecule has 1 heterocycles. The average molecular weight is 267 g/mol. The highest BCUT2D eigenvalue weighted by Gasteiger charge is 2.15. The smallest absolute Gasteiger partial charge is 0.118 e. The van der Waals surface area contributed by atoms with Gasteiger partial charge in [-0.25, -0.2) is 0 Å². The van der Waals surface area contributed by atoms with Crippen LogP contribution in [0, 0.1) is 11.3 Å². The van der Waals surface area contributed by atoms with Gasteiger partial charge in [0, 0.05) is 16.6 Å². The molecule has 0 fully saturated rings. The van der Waals surface area contributed by atoms with Crippen LogP contribution in [-0.4, -0.2) is 4.57 Å². The zero-order chi connectivity index (χ0) is 13.2. The number of halogens is 1. The largest absolute Gasteiger partial charge is 0.300 e. The molecule has 0 bridgehead atoms. The Morgan fingerprint density at radius 1 is 1.00 bits per heavy atom. The molecule has 0 aliphatic carbocycles. The Bertz CT molecular complexity index is 767. The summed E-state index contributed by atoms with van der Waals surface area (Å²) in [6, 6.07) is 20.1. The molecular formula is C16H11ClN2. The van der Waals surface area contributed by atoms with Crippen molar-refractivity contribution < 1.29 is 0 Å². The summed E-state index contributed by atoms with van der Waals surface area (Å²) >= 11 is 6.48. The van der Waals surface area contributed by atoms with E-state index in [1.54, 1.807) is 0 Å². The van der Waals surface area contributed by atoms with E-state index in [1.807, 2.05) is 59.2 Å². The van der Waals surface area contributed by atoms with Gasteiger partial charge in [0.15, 0.2) is 0 Å². The van der Waals surface area contributed by atoms with E-state index in [2.05, 4.69) is 6.07 Å². The molecule has 3 aromatic rings. The van der Waals surface area contributed by atoms with Gasteiger partial charge in [-0.05, 0) is 18.2 Å². The number of benzene rings is 2. The number of hydrogen-bond acceptors (Lipinski definition) is 1. The maximum absolute atomic E-state index is 8.97. The lowest BCUT2D eigenvalue weighted by Gasteiger charge is -2.06. The molecule has 0 unspecified atom stereocenters. The van der Waals surface area contributed by atoms with Crippen molar-refractivity contribution in [1.29, 1.82) is 5.26 Å². The third kappa shape index (κ3) is 1.89. The number of nitrogens with zero attached hydrogens (tertiary/aromatic N) is 2. The van der Waals surface area contributed by atoms with Crippen LogP contribution >= 0.6 is 11.6 Å². The molecule has 3 rings (SSSR count). The normalized spacial score (nSPS) is 10.5. The minimum atomic E-state index is 0.319. The zero-order valence-electron chi connectivity index (χ0n) is 10.2. The van der Waals surface area contributed by atoms with Crippen molar-refractivity contribution in [1.82, 2.24) is 4.57 Å². The second-order valence-corrected chi connectivity index (χ2v) is 4.65. The van der Waals surface area contributed by atoms with Gasteiger partial charge in [-0.3, -0.25) is 4.57 Å². The van der Waals surface area contributed by atoms with Crippen molar-refractivity contribution in [2.24, 2.45) is 0 Å². The summed E-state index contributed by atoms with van der Waals surface area (Å²) in [5.74, 6) is 0. The maximum atomic E-state index is 8.97. The van der Waals surface area contributed by atoms with Crippen LogP contribution < -0.4 is 0 Å². The van der Waals surface area contributed by atoms with E-state index >= 15 is 0 Å². The van der Waals surface area contributed by atoms with Crippen LogP contribution in [0.3, 0.4) is 0 Å². The lowest BCUT2D eigenvalue weighted by Crippen LogP contribution is -1.93. The molecule has 0 radical (unpaired) electrons. The van der Waals surface area contributed by atoms with Crippen LogP contribution in [0.4, 0.5) is 0 Å². The molecule has 0 aliphatic rings. The van der Waals surface area contributed by atoms with Crippen molar-refractivity contribution in [2.45, 2.75) is 6.42 Å². The molecule has 0 saturated carbocycles. The van der Waals surface area contributed by atoms with Crippen LogP contribution in [0.5, 0.6) is 0 Å². The quantitative estimate of drug-likeness (QED) is 0.678. The summed E-state index contributed by atoms with van der Waals surface area (Å²) in [4.78, 5) is 0. The first kappa shape index (κ1) is 11.8. The summed E-state index contributed by atoms with van der Waals surface area (Å²) in [7, 11) is 0. The Morgan fingerprint density at radius 2 is 1.68 bits per heavy atom. The molecule has 3 heteroatoms. The molecule has 0 amide bonds. The lowest BCUT2D eigenvalue weighted by molar-refractivity contribution is 1.11. The van der Waals surface area contributed by atoms with E-state index in [9.17, 15) is 0 Å². The number of nitriles is 1. The highest BCUT2D eigenvalue weighted by molar-refractivity contribution is 6.32. The second-order valence-electron chi connectivity index (χ2n) is 4.29. The van der Waals surface area contributed by atoms with Gasteiger partial charge in [-0.2, -0.15) is 5.26 Å². The van der Waals surface area contributed by atoms with Crippen molar-refractivity contribution in [3.05, 3.63) is 65.3 Å². The summed E-state index contributed by atoms with van der Waals surface area (Å²) in [5, 5.41) is 10.6. The summed E-state index contributed by atoms with van der Waals surface area (Å²) in [6.07, 6.45) is 0.319. The highest BCUT2D eigenvalue weighted by Crippen LogP contribution is 2.33. The molecule has 0 saturated heterocycles. The Labute approximate surface area is 116 Å². The molecule has 92 valence electrons. The highest BCUT2D eigenvalue weighted by atomic mass is 35.5. The van der Waals surface area contributed by atoms with E-state index in [1.165, 1.54) is 0 Å². The summed E-state index contributed by atoms with van der Waals surface area (Å²) in [5.41, 5.74) is 2.93. The predicted octanol–water partition coefficient (Wildman–Crippen LogP) is 4.35. The topological polar surface area (TPSA) is 28.7 Å². The van der Waals surface area contributed by atoms with Crippen molar-refractivity contribution in [3.8, 4) is 11.8 Å². The number of hydrogen-bond donors (Lipinski definition) is 0. The molecule has 19 heavy (non-hydrogen) atoms. The molecule has 0 N–H and O–H groups in total. The number of rotatable bonds is 2. The van der Waals surface area contributed by atoms with Crippen LogP contribution in [0.1, 0.15) is 5.56 Å². The molecule has 2 nitrogen and oxygen atoms in total. The van der Waals surface area contributed by atoms with Gasteiger partial charge in [0.2, 0.25) is 0 Å². The number of aromatic nitrogens is 1. The molecule has 0 spiro atoms. The first-order valence-electron chi connectivity index (χ1n) is 6.03. The lowest BCUT2D eigenvalue weighted by atomic mass is 10.1. The van der Waals surface area contributed by atoms with E-state index in [4.69, 9.17) is 16.9 Å². The predicted molar refractivity (Wildman–Crippen MR) is 77.6 cm³/mol. The van der Waals surface area contributed by atoms with Gasteiger partial charge >= 0.3 is 0 Å². The van der Waals surface area contributed by atoms with Crippen LogP contribution in [0.15, 0.2) is 54.6 Å². The third-order valence-electron chi connectivity index (χ3n) is 3.19. The first-order chi connectivity index (χ1) is 9.33.